The van der Waals surface area contributed by atoms with Gasteiger partial charge < -0.3 is 0 Å². The molecule has 1 aromatic heterocycles. The average molecular weight is 157 g/mol. The molecule has 0 fully saturated rings. The van der Waals surface area contributed by atoms with Gasteiger partial charge in [-0.05, 0) is 0 Å². The van der Waals surface area contributed by atoms with E-state index in [0.29, 0.717) is 5.82 Å². The highest BCUT2D eigenvalue weighted by Gasteiger charge is 2.09. The number of hydrogen-bond acceptors (Lipinski definition) is 5. The van der Waals surface area contributed by atoms with Gasteiger partial charge in [0, 0.05) is 0 Å². The highest BCUT2D eigenvalue weighted by molar-refractivity contribution is 5.70. The summed E-state index contributed by atoms with van der Waals surface area (Å²) in [5.41, 5.74) is 0.767. The van der Waals surface area contributed by atoms with Crippen LogP contribution in [0.1, 0.15) is 0 Å². The Balaban J connectivity index is 2.58. The van der Waals surface area contributed by atoms with Crippen molar-refractivity contribution < 1.29 is 0 Å². The zero-order valence-corrected chi connectivity index (χ0v) is 5.97. The van der Waals surface area contributed by atoms with Crippen LogP contribution in [0.2, 0.25) is 0 Å². The fourth-order valence-electron chi connectivity index (χ4n) is 1.20. The molecule has 0 spiro atoms. The molecule has 56 valence electrons. The normalized spacial score (nSPS) is 15.3. The lowest BCUT2D eigenvalue weighted by atomic mass is 10.4. The summed E-state index contributed by atoms with van der Waals surface area (Å²) in [5.74, 6) is 0.628. The molecular weight excluding hydrogens is 154 g/mol. The van der Waals surface area contributed by atoms with E-state index in [1.807, 2.05) is 0 Å². The molecule has 3 heterocycles. The van der Waals surface area contributed by atoms with Crippen molar-refractivity contribution in [1.82, 2.24) is 4.98 Å². The second kappa shape index (κ2) is 1.82. The molecule has 0 saturated carbocycles. The van der Waals surface area contributed by atoms with Gasteiger partial charge in [0.15, 0.2) is 5.82 Å². The Labute approximate surface area is 67.0 Å². The predicted molar refractivity (Wildman–Crippen MR) is 42.9 cm³/mol. The fraction of sp³-hybridized carbons (Fsp3) is 0. The number of hydrogen-bond donors (Lipinski definition) is 0. The van der Waals surface area contributed by atoms with Crippen LogP contribution in [0.25, 0.3) is 0 Å². The lowest BCUT2D eigenvalue weighted by Gasteiger charge is -1.88. The lowest BCUT2D eigenvalue weighted by Crippen LogP contribution is -2.23. The van der Waals surface area contributed by atoms with Crippen molar-refractivity contribution in [3.8, 4) is 0 Å². The van der Waals surface area contributed by atoms with E-state index in [9.17, 15) is 0 Å². The first-order chi connectivity index (χ1) is 5.95. The summed E-state index contributed by atoms with van der Waals surface area (Å²) < 4.78 is 0. The zero-order chi connectivity index (χ0) is 7.97. The van der Waals surface area contributed by atoms with Gasteiger partial charge in [-0.1, -0.05) is 0 Å². The molecule has 12 heavy (non-hydrogen) atoms. The van der Waals surface area contributed by atoms with Gasteiger partial charge in [0.25, 0.3) is 0 Å². The van der Waals surface area contributed by atoms with Gasteiger partial charge in [-0.25, -0.2) is 25.0 Å². The van der Waals surface area contributed by atoms with Crippen LogP contribution in [0.4, 0.5) is 11.5 Å². The average Bonchev–Trinajstić information content (AvgIpc) is 2.71. The van der Waals surface area contributed by atoms with Crippen LogP contribution in [0.3, 0.4) is 0 Å². The van der Waals surface area contributed by atoms with Crippen molar-refractivity contribution in [1.29, 1.82) is 0 Å². The number of aliphatic imine (C=N–C) groups is 2. The van der Waals surface area contributed by atoms with E-state index in [1.165, 1.54) is 12.7 Å². The van der Waals surface area contributed by atoms with Crippen molar-refractivity contribution in [3.05, 3.63) is 16.9 Å². The highest BCUT2D eigenvalue weighted by atomic mass is 15.0. The third-order valence-electron chi connectivity index (χ3n) is 1.74. The predicted octanol–water partition coefficient (Wildman–Crippen LogP) is -0.332. The molecule has 3 rings (SSSR count). The Kier molecular flexibility index (Phi) is 0.864. The van der Waals surface area contributed by atoms with E-state index >= 15 is 0 Å². The third-order valence-corrected chi connectivity index (χ3v) is 1.74. The molecule has 0 atom stereocenters. The summed E-state index contributed by atoms with van der Waals surface area (Å²) in [6.07, 6.45) is 4.63. The monoisotopic (exact) mass is 157 g/mol. The summed E-state index contributed by atoms with van der Waals surface area (Å²) in [5, 5.41) is 1.50. The Bertz CT molecular complexity index is 476. The molecule has 1 aromatic rings. The molecule has 0 radical (unpaired) electrons. The number of nitrogens with zero attached hydrogens (tertiary/aromatic N) is 5. The minimum absolute atomic E-state index is 0.628. The van der Waals surface area contributed by atoms with Crippen LogP contribution in [-0.4, -0.2) is 17.7 Å². The largest absolute Gasteiger partial charge is 0.233 e. The number of aromatic nitrogens is 1. The van der Waals surface area contributed by atoms with Crippen LogP contribution in [0.5, 0.6) is 0 Å². The molecule has 0 bridgehead atoms. The van der Waals surface area contributed by atoms with Gasteiger partial charge in [0.2, 0.25) is 0 Å². The van der Waals surface area contributed by atoms with Crippen molar-refractivity contribution in [2.75, 3.05) is 0 Å². The summed E-state index contributed by atoms with van der Waals surface area (Å²) in [7, 11) is 0. The number of rotatable bonds is 0. The van der Waals surface area contributed by atoms with Crippen molar-refractivity contribution in [2.45, 2.75) is 0 Å². The van der Waals surface area contributed by atoms with Gasteiger partial charge in [-0.3, -0.25) is 0 Å². The van der Waals surface area contributed by atoms with Crippen LogP contribution >= 0.6 is 0 Å². The third kappa shape index (κ3) is 0.554. The van der Waals surface area contributed by atoms with E-state index in [2.05, 4.69) is 25.0 Å². The maximum absolute atomic E-state index is 4.07. The van der Waals surface area contributed by atoms with Gasteiger partial charge in [0.05, 0.1) is 6.20 Å². The molecule has 2 aliphatic heterocycles. The Morgan fingerprint density at radius 1 is 0.917 bits per heavy atom. The summed E-state index contributed by atoms with van der Waals surface area (Å²) >= 11 is 0. The van der Waals surface area contributed by atoms with Gasteiger partial charge in [-0.15, -0.1) is 0 Å². The smallest absolute Gasteiger partial charge is 0.182 e. The highest BCUT2D eigenvalue weighted by Crippen LogP contribution is 2.08. The maximum atomic E-state index is 4.07. The van der Waals surface area contributed by atoms with Crippen LogP contribution in [-0.2, 0) is 0 Å². The van der Waals surface area contributed by atoms with Crippen LogP contribution < -0.4 is 10.7 Å². The Morgan fingerprint density at radius 3 is 2.75 bits per heavy atom. The molecule has 0 amide bonds. The minimum atomic E-state index is 0.628. The molecular formula is C7H3N5. The number of fused-ring (bicyclic) bond motifs is 3. The first-order valence-corrected chi connectivity index (χ1v) is 3.45. The van der Waals surface area contributed by atoms with E-state index in [0.717, 1.165) is 16.4 Å². The Hall–Kier alpha value is -1.91. The van der Waals surface area contributed by atoms with Gasteiger partial charge in [-0.2, -0.15) is 0 Å². The minimum Gasteiger partial charge on any atom is -0.233 e. The van der Waals surface area contributed by atoms with Gasteiger partial charge >= 0.3 is 0 Å². The summed E-state index contributed by atoms with van der Waals surface area (Å²) in [6.45, 7) is 0. The van der Waals surface area contributed by atoms with E-state index in [-0.39, 0.29) is 0 Å². The van der Waals surface area contributed by atoms with Crippen molar-refractivity contribution >= 4 is 24.2 Å². The first kappa shape index (κ1) is 5.70. The molecule has 0 aromatic carbocycles. The maximum Gasteiger partial charge on any atom is 0.182 e. The van der Waals surface area contributed by atoms with E-state index in [4.69, 9.17) is 0 Å². The van der Waals surface area contributed by atoms with Crippen LogP contribution in [0, 0.1) is 0 Å². The second-order valence-corrected chi connectivity index (χ2v) is 2.41. The molecule has 5 heteroatoms. The standard InChI is InChI=1S/C7H3N5/c1-4-5(10-2-9-4)6-7(8-1)12-3-11-6/h1-3H. The van der Waals surface area contributed by atoms with E-state index in [1.54, 1.807) is 6.20 Å². The first-order valence-electron chi connectivity index (χ1n) is 3.45. The molecule has 5 nitrogen and oxygen atoms in total. The molecule has 0 aliphatic carbocycles. The lowest BCUT2D eigenvalue weighted by molar-refractivity contribution is 1.20. The number of pyridine rings is 1. The molecule has 0 saturated heterocycles. The van der Waals surface area contributed by atoms with Crippen molar-refractivity contribution in [3.63, 3.8) is 0 Å². The SMILES string of the molecule is C1=Nc2cnc3c(c2=N1)=NC=N3. The molecule has 2 aliphatic rings. The molecule has 0 N–H and O–H groups in total. The van der Waals surface area contributed by atoms with Crippen LogP contribution in [0.15, 0.2) is 26.2 Å². The van der Waals surface area contributed by atoms with Crippen molar-refractivity contribution in [2.24, 2.45) is 20.0 Å². The Morgan fingerprint density at radius 2 is 1.75 bits per heavy atom. The van der Waals surface area contributed by atoms with Gasteiger partial charge in [0.1, 0.15) is 29.1 Å². The van der Waals surface area contributed by atoms with E-state index < -0.39 is 0 Å². The fourth-order valence-corrected chi connectivity index (χ4v) is 1.20. The molecule has 0 unspecified atom stereocenters. The second-order valence-electron chi connectivity index (χ2n) is 2.41. The topological polar surface area (TPSA) is 62.3 Å². The summed E-state index contributed by atoms with van der Waals surface area (Å²) in [6, 6.07) is 0. The quantitative estimate of drug-likeness (QED) is 0.508. The summed E-state index contributed by atoms with van der Waals surface area (Å²) in [4.78, 5) is 20.1. The zero-order valence-electron chi connectivity index (χ0n) is 5.97.